The number of halogens is 1. The highest BCUT2D eigenvalue weighted by Gasteiger charge is 2.06. The molecule has 0 unspecified atom stereocenters. The normalized spacial score (nSPS) is 9.93. The van der Waals surface area contributed by atoms with Crippen LogP contribution in [0.3, 0.4) is 0 Å². The van der Waals surface area contributed by atoms with Gasteiger partial charge in [-0.3, -0.25) is 0 Å². The first-order valence-electron chi connectivity index (χ1n) is 4.53. The van der Waals surface area contributed by atoms with Crippen LogP contribution in [0.15, 0.2) is 18.2 Å². The molecule has 0 amide bonds. The van der Waals surface area contributed by atoms with Gasteiger partial charge in [0.1, 0.15) is 11.9 Å². The average Bonchev–Trinajstić information content (AvgIpc) is 2.26. The zero-order valence-electron chi connectivity index (χ0n) is 8.50. The summed E-state index contributed by atoms with van der Waals surface area (Å²) in [4.78, 5) is 0. The third-order valence-corrected chi connectivity index (χ3v) is 1.89. The van der Waals surface area contributed by atoms with Crippen molar-refractivity contribution < 1.29 is 13.9 Å². The molecule has 1 aromatic carbocycles. The van der Waals surface area contributed by atoms with Crippen LogP contribution in [0.5, 0.6) is 0 Å². The van der Waals surface area contributed by atoms with Crippen LogP contribution in [-0.4, -0.2) is 20.3 Å². The lowest BCUT2D eigenvalue weighted by atomic mass is 10.1. The van der Waals surface area contributed by atoms with Crippen molar-refractivity contribution in [3.63, 3.8) is 0 Å². The molecule has 0 aliphatic heterocycles. The quantitative estimate of drug-likeness (QED) is 0.695. The summed E-state index contributed by atoms with van der Waals surface area (Å²) in [5, 5.41) is 8.60. The third kappa shape index (κ3) is 3.31. The summed E-state index contributed by atoms with van der Waals surface area (Å²) in [5.41, 5.74) is 0.438. The molecule has 1 aromatic rings. The van der Waals surface area contributed by atoms with Crippen molar-refractivity contribution in [3.05, 3.63) is 35.1 Å². The first kappa shape index (κ1) is 11.6. The van der Waals surface area contributed by atoms with Crippen molar-refractivity contribution in [3.8, 4) is 6.07 Å². The Morgan fingerprint density at radius 2 is 2.20 bits per heavy atom. The molecule has 0 saturated heterocycles. The van der Waals surface area contributed by atoms with Gasteiger partial charge in [0.25, 0.3) is 0 Å². The van der Waals surface area contributed by atoms with Crippen LogP contribution in [-0.2, 0) is 16.1 Å². The monoisotopic (exact) mass is 209 g/mol. The number of ether oxygens (including phenoxy) is 2. The molecule has 0 saturated carbocycles. The number of methoxy groups -OCH3 is 1. The summed E-state index contributed by atoms with van der Waals surface area (Å²) < 4.78 is 23.4. The van der Waals surface area contributed by atoms with Gasteiger partial charge in [0, 0.05) is 12.7 Å². The maximum atomic E-state index is 13.4. The highest BCUT2D eigenvalue weighted by atomic mass is 19.1. The molecule has 0 spiro atoms. The van der Waals surface area contributed by atoms with Gasteiger partial charge in [-0.1, -0.05) is 12.1 Å². The Hall–Kier alpha value is -1.44. The molecule has 1 rings (SSSR count). The van der Waals surface area contributed by atoms with E-state index in [1.165, 1.54) is 6.07 Å². The Kier molecular flexibility index (Phi) is 4.75. The summed E-state index contributed by atoms with van der Waals surface area (Å²) >= 11 is 0. The van der Waals surface area contributed by atoms with Crippen LogP contribution in [0.1, 0.15) is 11.1 Å². The predicted octanol–water partition coefficient (Wildman–Crippen LogP) is 1.86. The van der Waals surface area contributed by atoms with Crippen molar-refractivity contribution >= 4 is 0 Å². The molecule has 3 nitrogen and oxygen atoms in total. The summed E-state index contributed by atoms with van der Waals surface area (Å²) in [7, 11) is 1.57. The molecule has 15 heavy (non-hydrogen) atoms. The van der Waals surface area contributed by atoms with Crippen LogP contribution in [0.25, 0.3) is 0 Å². The van der Waals surface area contributed by atoms with E-state index in [1.807, 2.05) is 0 Å². The van der Waals surface area contributed by atoms with Crippen molar-refractivity contribution in [1.29, 1.82) is 5.26 Å². The van der Waals surface area contributed by atoms with Crippen LogP contribution in [0.2, 0.25) is 0 Å². The molecule has 0 heterocycles. The fourth-order valence-corrected chi connectivity index (χ4v) is 1.10. The molecule has 4 heteroatoms. The van der Waals surface area contributed by atoms with E-state index < -0.39 is 5.82 Å². The summed E-state index contributed by atoms with van der Waals surface area (Å²) in [6.07, 6.45) is 0. The van der Waals surface area contributed by atoms with Crippen molar-refractivity contribution in [2.24, 2.45) is 0 Å². The van der Waals surface area contributed by atoms with E-state index in [0.29, 0.717) is 18.8 Å². The number of nitrogens with zero attached hydrogens (tertiary/aromatic N) is 1. The van der Waals surface area contributed by atoms with Gasteiger partial charge in [0.15, 0.2) is 0 Å². The lowest BCUT2D eigenvalue weighted by Gasteiger charge is -2.05. The minimum Gasteiger partial charge on any atom is -0.382 e. The molecule has 80 valence electrons. The average molecular weight is 209 g/mol. The maximum absolute atomic E-state index is 13.4. The van der Waals surface area contributed by atoms with Crippen LogP contribution < -0.4 is 0 Å². The summed E-state index contributed by atoms with van der Waals surface area (Å²) in [5.74, 6) is -0.502. The summed E-state index contributed by atoms with van der Waals surface area (Å²) in [6.45, 7) is 1.04. The fourth-order valence-electron chi connectivity index (χ4n) is 1.10. The Morgan fingerprint density at radius 1 is 1.40 bits per heavy atom. The number of rotatable bonds is 5. The van der Waals surface area contributed by atoms with Gasteiger partial charge in [-0.2, -0.15) is 5.26 Å². The van der Waals surface area contributed by atoms with E-state index in [4.69, 9.17) is 14.7 Å². The molecule has 0 atom stereocenters. The highest BCUT2D eigenvalue weighted by Crippen LogP contribution is 2.12. The van der Waals surface area contributed by atoms with Gasteiger partial charge in [-0.05, 0) is 6.07 Å². The predicted molar refractivity (Wildman–Crippen MR) is 52.6 cm³/mol. The van der Waals surface area contributed by atoms with E-state index in [0.717, 1.165) is 0 Å². The standard InChI is InChI=1S/C11H12FNO2/c1-14-5-6-15-8-10-4-2-3-9(7-13)11(10)12/h2-4H,5-6,8H2,1H3. The molecule has 0 N–H and O–H groups in total. The second-order valence-corrected chi connectivity index (χ2v) is 2.94. The van der Waals surface area contributed by atoms with Gasteiger partial charge in [0.2, 0.25) is 0 Å². The summed E-state index contributed by atoms with van der Waals surface area (Å²) in [6, 6.07) is 6.46. The number of hydrogen-bond acceptors (Lipinski definition) is 3. The van der Waals surface area contributed by atoms with Crippen molar-refractivity contribution in [1.82, 2.24) is 0 Å². The van der Waals surface area contributed by atoms with Gasteiger partial charge >= 0.3 is 0 Å². The fraction of sp³-hybridized carbons (Fsp3) is 0.364. The Labute approximate surface area is 88.0 Å². The lowest BCUT2D eigenvalue weighted by Crippen LogP contribution is -2.03. The number of hydrogen-bond donors (Lipinski definition) is 0. The smallest absolute Gasteiger partial charge is 0.146 e. The first-order valence-corrected chi connectivity index (χ1v) is 4.53. The zero-order chi connectivity index (χ0) is 11.1. The Bertz CT molecular complexity index is 360. The van der Waals surface area contributed by atoms with Crippen LogP contribution >= 0.6 is 0 Å². The molecule has 0 bridgehead atoms. The lowest BCUT2D eigenvalue weighted by molar-refractivity contribution is 0.0604. The van der Waals surface area contributed by atoms with Crippen LogP contribution in [0, 0.1) is 17.1 Å². The van der Waals surface area contributed by atoms with Crippen LogP contribution in [0.4, 0.5) is 4.39 Å². The van der Waals surface area contributed by atoms with E-state index in [9.17, 15) is 4.39 Å². The van der Waals surface area contributed by atoms with E-state index in [-0.39, 0.29) is 12.2 Å². The number of benzene rings is 1. The zero-order valence-corrected chi connectivity index (χ0v) is 8.50. The van der Waals surface area contributed by atoms with E-state index in [2.05, 4.69) is 0 Å². The van der Waals surface area contributed by atoms with Gasteiger partial charge < -0.3 is 9.47 Å². The maximum Gasteiger partial charge on any atom is 0.146 e. The van der Waals surface area contributed by atoms with E-state index in [1.54, 1.807) is 25.3 Å². The van der Waals surface area contributed by atoms with Gasteiger partial charge in [0.05, 0.1) is 25.4 Å². The highest BCUT2D eigenvalue weighted by molar-refractivity contribution is 5.34. The topological polar surface area (TPSA) is 42.2 Å². The first-order chi connectivity index (χ1) is 7.29. The Morgan fingerprint density at radius 3 is 2.87 bits per heavy atom. The second kappa shape index (κ2) is 6.12. The molecule has 0 aliphatic rings. The molecule has 0 aromatic heterocycles. The molecular formula is C11H12FNO2. The molecule has 0 fully saturated rings. The Balaban J connectivity index is 2.58. The van der Waals surface area contributed by atoms with Crippen molar-refractivity contribution in [2.75, 3.05) is 20.3 Å². The second-order valence-electron chi connectivity index (χ2n) is 2.94. The number of nitriles is 1. The SMILES string of the molecule is COCCOCc1cccc(C#N)c1F. The third-order valence-electron chi connectivity index (χ3n) is 1.89. The van der Waals surface area contributed by atoms with Gasteiger partial charge in [-0.15, -0.1) is 0 Å². The minimum atomic E-state index is -0.502. The molecular weight excluding hydrogens is 197 g/mol. The van der Waals surface area contributed by atoms with E-state index >= 15 is 0 Å². The van der Waals surface area contributed by atoms with Gasteiger partial charge in [-0.25, -0.2) is 4.39 Å². The van der Waals surface area contributed by atoms with Crippen molar-refractivity contribution in [2.45, 2.75) is 6.61 Å². The molecule has 0 radical (unpaired) electrons. The largest absolute Gasteiger partial charge is 0.382 e. The minimum absolute atomic E-state index is 0.0443. The molecule has 0 aliphatic carbocycles.